The summed E-state index contributed by atoms with van der Waals surface area (Å²) >= 11 is 0. The molecule has 0 heterocycles. The first-order chi connectivity index (χ1) is 9.12. The summed E-state index contributed by atoms with van der Waals surface area (Å²) in [7, 11) is 1.64. The zero-order valence-corrected chi connectivity index (χ0v) is 12.9. The first kappa shape index (κ1) is 16.5. The molecule has 0 amide bonds. The summed E-state index contributed by atoms with van der Waals surface area (Å²) in [6.07, 6.45) is 1.58. The van der Waals surface area contributed by atoms with Crippen LogP contribution < -0.4 is 0 Å². The van der Waals surface area contributed by atoms with Crippen LogP contribution in [0.1, 0.15) is 47.0 Å². The van der Waals surface area contributed by atoms with Crippen LogP contribution in [0.15, 0.2) is 5.28 Å². The Morgan fingerprint density at radius 2 is 2.05 bits per heavy atom. The van der Waals surface area contributed by atoms with Gasteiger partial charge in [0.2, 0.25) is 5.28 Å². The van der Waals surface area contributed by atoms with E-state index in [2.05, 4.69) is 5.28 Å². The van der Waals surface area contributed by atoms with Crippen molar-refractivity contribution in [3.05, 3.63) is 5.21 Å². The molecule has 0 unspecified atom stereocenters. The summed E-state index contributed by atoms with van der Waals surface area (Å²) in [5.74, 6) is -1.05. The maximum Gasteiger partial charge on any atom is 0.306 e. The van der Waals surface area contributed by atoms with Crippen molar-refractivity contribution in [2.75, 3.05) is 7.05 Å². The van der Waals surface area contributed by atoms with Crippen molar-refractivity contribution in [3.8, 4) is 0 Å². The number of hydrogen-bond acceptors (Lipinski definition) is 4. The van der Waals surface area contributed by atoms with Gasteiger partial charge in [0.15, 0.2) is 0 Å². The second kappa shape index (κ2) is 6.28. The third kappa shape index (κ3) is 4.25. The van der Waals surface area contributed by atoms with E-state index in [0.717, 1.165) is 0 Å². The van der Waals surface area contributed by atoms with Crippen LogP contribution in [0.5, 0.6) is 0 Å². The fourth-order valence-corrected chi connectivity index (χ4v) is 2.23. The molecule has 0 spiro atoms. The minimum absolute atomic E-state index is 0.0295. The molecule has 1 aliphatic rings. The smallest absolute Gasteiger partial charge is 0.306 e. The van der Waals surface area contributed by atoms with Crippen LogP contribution in [-0.2, 0) is 9.63 Å². The lowest BCUT2D eigenvalue weighted by molar-refractivity contribution is -0.720. The summed E-state index contributed by atoms with van der Waals surface area (Å²) in [6, 6.07) is 0. The summed E-state index contributed by atoms with van der Waals surface area (Å²) in [5, 5.41) is 25.8. The van der Waals surface area contributed by atoms with Crippen LogP contribution in [0, 0.1) is 17.0 Å². The number of aliphatic carboxylic acids is 1. The fourth-order valence-electron chi connectivity index (χ4n) is 2.23. The van der Waals surface area contributed by atoms with Crippen molar-refractivity contribution < 1.29 is 19.7 Å². The number of hydrazine groups is 1. The normalized spacial score (nSPS) is 28.1. The topological polar surface area (TPSA) is 88.2 Å². The van der Waals surface area contributed by atoms with Crippen LogP contribution in [0.4, 0.5) is 0 Å². The Labute approximate surface area is 119 Å². The average molecular weight is 287 g/mol. The number of carbonyl (C=O) groups is 1. The summed E-state index contributed by atoms with van der Waals surface area (Å²) in [4.78, 5) is 16.7. The van der Waals surface area contributed by atoms with Crippen LogP contribution in [0.2, 0.25) is 0 Å². The predicted octanol–water partition coefficient (Wildman–Crippen LogP) is 2.42. The third-order valence-corrected chi connectivity index (χ3v) is 3.93. The Balaban J connectivity index is 2.53. The molecular weight excluding hydrogens is 262 g/mol. The van der Waals surface area contributed by atoms with Crippen molar-refractivity contribution in [3.63, 3.8) is 0 Å². The first-order valence-electron chi connectivity index (χ1n) is 6.93. The van der Waals surface area contributed by atoms with Crippen LogP contribution in [0.3, 0.4) is 0 Å². The van der Waals surface area contributed by atoms with Gasteiger partial charge in [-0.2, -0.15) is 0 Å². The van der Waals surface area contributed by atoms with E-state index < -0.39 is 5.97 Å². The molecule has 1 N–H and O–H groups in total. The SMILES string of the molecule is C[C@H]1C[C@H](O/N=[N+](\[O-])N(C)C(C)(C)C)CC[C@H]1C(=O)O. The molecule has 1 rings (SSSR count). The Bertz CT molecular complexity index is 378. The Kier molecular flexibility index (Phi) is 5.19. The van der Waals surface area contributed by atoms with Crippen molar-refractivity contribution >= 4 is 5.97 Å². The zero-order valence-electron chi connectivity index (χ0n) is 12.9. The molecule has 1 saturated carbocycles. The second-order valence-electron chi connectivity index (χ2n) is 6.49. The van der Waals surface area contributed by atoms with E-state index in [1.807, 2.05) is 27.7 Å². The van der Waals surface area contributed by atoms with E-state index in [4.69, 9.17) is 9.94 Å². The summed E-state index contributed by atoms with van der Waals surface area (Å²) < 4.78 is 0. The highest BCUT2D eigenvalue weighted by Gasteiger charge is 2.34. The van der Waals surface area contributed by atoms with Gasteiger partial charge >= 0.3 is 5.97 Å². The molecule has 3 atom stereocenters. The molecule has 0 saturated heterocycles. The molecule has 1 aliphatic carbocycles. The number of rotatable bonds is 4. The summed E-state index contributed by atoms with van der Waals surface area (Å²) in [6.45, 7) is 7.58. The van der Waals surface area contributed by atoms with E-state index in [9.17, 15) is 10.0 Å². The number of carboxylic acid groups (broad SMARTS) is 1. The van der Waals surface area contributed by atoms with Crippen LogP contribution >= 0.6 is 0 Å². The average Bonchev–Trinajstić information content (AvgIpc) is 2.33. The van der Waals surface area contributed by atoms with Gasteiger partial charge in [0.25, 0.3) is 0 Å². The lowest BCUT2D eigenvalue weighted by atomic mass is 9.79. The van der Waals surface area contributed by atoms with Gasteiger partial charge in [-0.3, -0.25) is 4.79 Å². The molecule has 0 aromatic rings. The van der Waals surface area contributed by atoms with Crippen molar-refractivity contribution in [1.29, 1.82) is 0 Å². The highest BCUT2D eigenvalue weighted by molar-refractivity contribution is 5.70. The maximum atomic E-state index is 11.7. The minimum atomic E-state index is -0.759. The molecule has 20 heavy (non-hydrogen) atoms. The van der Waals surface area contributed by atoms with Gasteiger partial charge in [-0.05, 0) is 46.0 Å². The van der Waals surface area contributed by atoms with Gasteiger partial charge in [0.05, 0.1) is 23.5 Å². The highest BCUT2D eigenvalue weighted by Crippen LogP contribution is 2.31. The highest BCUT2D eigenvalue weighted by atomic mass is 16.7. The standard InChI is InChI=1S/C13H25N3O4/c1-9-8-10(6-7-11(9)12(17)18)20-14-16(19)15(5)13(2,3)4/h9-11H,6-8H2,1-5H3,(H,17,18)/b16-14-/t9-,10+,11+/m0/s1. The van der Waals surface area contributed by atoms with Gasteiger partial charge in [-0.15, -0.1) is 5.01 Å². The van der Waals surface area contributed by atoms with Gasteiger partial charge in [-0.1, -0.05) is 6.92 Å². The van der Waals surface area contributed by atoms with Gasteiger partial charge in [-0.25, -0.2) is 0 Å². The molecular formula is C13H25N3O4. The Morgan fingerprint density at radius 1 is 1.45 bits per heavy atom. The van der Waals surface area contributed by atoms with E-state index in [1.54, 1.807) is 7.05 Å². The zero-order chi connectivity index (χ0) is 15.5. The van der Waals surface area contributed by atoms with Gasteiger partial charge < -0.3 is 15.2 Å². The lowest BCUT2D eigenvalue weighted by Gasteiger charge is -2.30. The molecule has 0 bridgehead atoms. The summed E-state index contributed by atoms with van der Waals surface area (Å²) in [5.41, 5.74) is -0.344. The van der Waals surface area contributed by atoms with Crippen molar-refractivity contribution in [2.24, 2.45) is 17.1 Å². The van der Waals surface area contributed by atoms with E-state index >= 15 is 0 Å². The molecule has 7 nitrogen and oxygen atoms in total. The first-order valence-corrected chi connectivity index (χ1v) is 6.93. The lowest BCUT2D eigenvalue weighted by Crippen LogP contribution is -2.42. The van der Waals surface area contributed by atoms with E-state index in [1.165, 1.54) is 5.01 Å². The number of hydrogen-bond donors (Lipinski definition) is 1. The number of nitrogens with zero attached hydrogens (tertiary/aromatic N) is 3. The fraction of sp³-hybridized carbons (Fsp3) is 0.923. The molecule has 0 radical (unpaired) electrons. The van der Waals surface area contributed by atoms with E-state index in [-0.39, 0.29) is 23.5 Å². The monoisotopic (exact) mass is 287 g/mol. The van der Waals surface area contributed by atoms with Crippen LogP contribution in [-0.4, -0.2) is 39.7 Å². The molecule has 0 aromatic carbocycles. The van der Waals surface area contributed by atoms with Gasteiger partial charge in [0, 0.05) is 0 Å². The van der Waals surface area contributed by atoms with Crippen LogP contribution in [0.25, 0.3) is 0 Å². The molecule has 1 fully saturated rings. The van der Waals surface area contributed by atoms with Crippen molar-refractivity contribution in [1.82, 2.24) is 5.01 Å². The second-order valence-corrected chi connectivity index (χ2v) is 6.49. The van der Waals surface area contributed by atoms with Crippen molar-refractivity contribution in [2.45, 2.75) is 58.6 Å². The number of carboxylic acids is 1. The Morgan fingerprint density at radius 3 is 2.50 bits per heavy atom. The van der Waals surface area contributed by atoms with E-state index in [0.29, 0.717) is 24.2 Å². The maximum absolute atomic E-state index is 11.7. The third-order valence-electron chi connectivity index (χ3n) is 3.93. The molecule has 116 valence electrons. The molecule has 7 heteroatoms. The Hall–Kier alpha value is -1.53. The minimum Gasteiger partial charge on any atom is -0.569 e. The molecule has 0 aliphatic heterocycles. The van der Waals surface area contributed by atoms with Gasteiger partial charge in [0.1, 0.15) is 6.10 Å². The quantitative estimate of drug-likeness (QED) is 0.487. The largest absolute Gasteiger partial charge is 0.569 e. The predicted molar refractivity (Wildman–Crippen MR) is 72.6 cm³/mol. The molecule has 0 aromatic heterocycles.